The van der Waals surface area contributed by atoms with E-state index in [9.17, 15) is 38.4 Å². The van der Waals surface area contributed by atoms with Gasteiger partial charge in [0.2, 0.25) is 11.6 Å². The number of aliphatic carboxylic acids is 6. The molecule has 0 fully saturated rings. The zero-order chi connectivity index (χ0) is 31.2. The smallest absolute Gasteiger partial charge is 0.372 e. The Bertz CT molecular complexity index is 808. The Morgan fingerprint density at radius 2 is 0.947 bits per heavy atom. The van der Waals surface area contributed by atoms with Crippen LogP contribution in [0.25, 0.3) is 0 Å². The lowest BCUT2D eigenvalue weighted by atomic mass is 10.1. The number of hydrogen-bond donors (Lipinski definition) is 8. The van der Waals surface area contributed by atoms with Crippen LogP contribution in [0.1, 0.15) is 66.2 Å². The van der Waals surface area contributed by atoms with Gasteiger partial charge in [-0.2, -0.15) is 0 Å². The van der Waals surface area contributed by atoms with Gasteiger partial charge in [0.05, 0.1) is 6.42 Å². The second-order valence-electron chi connectivity index (χ2n) is 8.40. The predicted octanol–water partition coefficient (Wildman–Crippen LogP) is -0.101. The Morgan fingerprint density at radius 3 is 1.16 bits per heavy atom. The number of nitrogens with two attached hydrogens (primary N) is 2. The summed E-state index contributed by atoms with van der Waals surface area (Å²) in [4.78, 5) is 80.0. The maximum absolute atomic E-state index is 10.4. The first-order valence-corrected chi connectivity index (χ1v) is 11.1. The SMILES string of the molecule is CC(C)CC(=O)C(=O)O.CC(C)C[C@H](N)C(=O)O.N[C@@H](CCC(=O)O)C(=O)O.O=C(O)CCC(=O)C(=O)O. The van der Waals surface area contributed by atoms with Gasteiger partial charge in [0.1, 0.15) is 12.1 Å². The van der Waals surface area contributed by atoms with Crippen LogP contribution in [0.4, 0.5) is 0 Å². The first kappa shape index (κ1) is 41.2. The summed E-state index contributed by atoms with van der Waals surface area (Å²) < 4.78 is 0. The summed E-state index contributed by atoms with van der Waals surface area (Å²) >= 11 is 0. The van der Waals surface area contributed by atoms with Gasteiger partial charge < -0.3 is 42.1 Å². The number of carboxylic acids is 6. The molecule has 220 valence electrons. The fourth-order valence-corrected chi connectivity index (χ4v) is 1.80. The van der Waals surface area contributed by atoms with E-state index in [1.54, 1.807) is 13.8 Å². The Kier molecular flexibility index (Phi) is 25.5. The average molecular weight is 555 g/mol. The van der Waals surface area contributed by atoms with E-state index < -0.39 is 72.3 Å². The van der Waals surface area contributed by atoms with Crippen LogP contribution >= 0.6 is 0 Å². The molecule has 16 heteroatoms. The molecule has 0 aromatic carbocycles. The molecule has 0 aliphatic carbocycles. The summed E-state index contributed by atoms with van der Waals surface area (Å²) in [7, 11) is 0. The van der Waals surface area contributed by atoms with Crippen LogP contribution in [0.5, 0.6) is 0 Å². The van der Waals surface area contributed by atoms with Gasteiger partial charge in [0.25, 0.3) is 0 Å². The van der Waals surface area contributed by atoms with Crippen molar-refractivity contribution in [1.82, 2.24) is 0 Å². The molecule has 0 saturated heterocycles. The molecular formula is C22H38N2O14. The predicted molar refractivity (Wildman–Crippen MR) is 129 cm³/mol. The highest BCUT2D eigenvalue weighted by Gasteiger charge is 2.14. The van der Waals surface area contributed by atoms with E-state index >= 15 is 0 Å². The summed E-state index contributed by atoms with van der Waals surface area (Å²) in [6, 6.07) is -1.75. The monoisotopic (exact) mass is 554 g/mol. The van der Waals surface area contributed by atoms with E-state index in [1.807, 2.05) is 13.8 Å². The lowest BCUT2D eigenvalue weighted by Crippen LogP contribution is -2.31. The quantitative estimate of drug-likeness (QED) is 0.130. The van der Waals surface area contributed by atoms with Gasteiger partial charge in [-0.3, -0.25) is 28.8 Å². The van der Waals surface area contributed by atoms with Crippen molar-refractivity contribution in [1.29, 1.82) is 0 Å². The highest BCUT2D eigenvalue weighted by molar-refractivity contribution is 6.33. The molecule has 16 nitrogen and oxygen atoms in total. The second kappa shape index (κ2) is 23.5. The molecule has 0 unspecified atom stereocenters. The molecule has 10 N–H and O–H groups in total. The molecule has 0 aromatic heterocycles. The normalized spacial score (nSPS) is 11.2. The third-order valence-corrected chi connectivity index (χ3v) is 3.67. The van der Waals surface area contributed by atoms with E-state index in [4.69, 9.17) is 42.1 Å². The van der Waals surface area contributed by atoms with Gasteiger partial charge in [-0.05, 0) is 24.7 Å². The maximum atomic E-state index is 10.4. The molecule has 0 heterocycles. The largest absolute Gasteiger partial charge is 0.481 e. The lowest BCUT2D eigenvalue weighted by Gasteiger charge is -2.07. The number of carbonyl (C=O) groups is 8. The van der Waals surface area contributed by atoms with Crippen LogP contribution in [0, 0.1) is 11.8 Å². The standard InChI is InChI=1S/C6H13NO2.C6H10O3.C5H9NO4.C5H6O5/c2*1-4(2)3-5(7)6(8)9;2*6-3(5(9)10)1-2-4(7)8/h4-5H,3,7H2,1-2H3,(H,8,9);4H,3H2,1-2H3,(H,8,9);3H,1-2,6H2,(H,7,8)(H,9,10);1-2H2,(H,7,8)(H,9,10)/t5-;;3-;/m0.0./s1. The van der Waals surface area contributed by atoms with E-state index in [-0.39, 0.29) is 25.2 Å². The average Bonchev–Trinajstić information content (AvgIpc) is 2.75. The van der Waals surface area contributed by atoms with Gasteiger partial charge in [-0.25, -0.2) is 9.59 Å². The summed E-state index contributed by atoms with van der Waals surface area (Å²) in [6.45, 7) is 7.51. The van der Waals surface area contributed by atoms with Gasteiger partial charge in [-0.1, -0.05) is 27.7 Å². The molecule has 0 aliphatic rings. The van der Waals surface area contributed by atoms with E-state index in [1.165, 1.54) is 0 Å². The fraction of sp³-hybridized carbons (Fsp3) is 0.636. The molecule has 0 aromatic rings. The molecule has 2 atom stereocenters. The van der Waals surface area contributed by atoms with Crippen LogP contribution in [0.2, 0.25) is 0 Å². The van der Waals surface area contributed by atoms with Crippen LogP contribution in [0.3, 0.4) is 0 Å². The van der Waals surface area contributed by atoms with Gasteiger partial charge in [-0.15, -0.1) is 0 Å². The second-order valence-corrected chi connectivity index (χ2v) is 8.40. The number of rotatable bonds is 14. The Morgan fingerprint density at radius 1 is 0.553 bits per heavy atom. The van der Waals surface area contributed by atoms with Crippen LogP contribution in [-0.4, -0.2) is 90.1 Å². The van der Waals surface area contributed by atoms with Crippen molar-refractivity contribution >= 4 is 47.4 Å². The van der Waals surface area contributed by atoms with Crippen molar-refractivity contribution in [2.45, 2.75) is 78.3 Å². The van der Waals surface area contributed by atoms with Crippen LogP contribution < -0.4 is 11.5 Å². The van der Waals surface area contributed by atoms with Crippen molar-refractivity contribution in [3.05, 3.63) is 0 Å². The van der Waals surface area contributed by atoms with Gasteiger partial charge in [0.15, 0.2) is 0 Å². The van der Waals surface area contributed by atoms with Crippen molar-refractivity contribution in [2.75, 3.05) is 0 Å². The molecule has 0 amide bonds. The lowest BCUT2D eigenvalue weighted by molar-refractivity contribution is -0.150. The molecular weight excluding hydrogens is 516 g/mol. The molecule has 0 radical (unpaired) electrons. The highest BCUT2D eigenvalue weighted by atomic mass is 16.4. The zero-order valence-electron chi connectivity index (χ0n) is 21.7. The first-order valence-electron chi connectivity index (χ1n) is 11.1. The topological polar surface area (TPSA) is 310 Å². The molecule has 38 heavy (non-hydrogen) atoms. The summed E-state index contributed by atoms with van der Waals surface area (Å²) in [5.74, 6) is -8.47. The summed E-state index contributed by atoms with van der Waals surface area (Å²) in [5.41, 5.74) is 10.2. The zero-order valence-corrected chi connectivity index (χ0v) is 21.7. The van der Waals surface area contributed by atoms with Gasteiger partial charge in [0, 0.05) is 19.3 Å². The molecule has 0 rings (SSSR count). The Hall–Kier alpha value is -3.92. The summed E-state index contributed by atoms with van der Waals surface area (Å²) in [6.07, 6.45) is -0.404. The number of ketones is 2. The molecule has 0 spiro atoms. The van der Waals surface area contributed by atoms with Crippen molar-refractivity contribution in [3.63, 3.8) is 0 Å². The molecule has 0 bridgehead atoms. The minimum atomic E-state index is -1.58. The van der Waals surface area contributed by atoms with Crippen molar-refractivity contribution in [2.24, 2.45) is 23.3 Å². The number of carboxylic acid groups (broad SMARTS) is 6. The maximum Gasteiger partial charge on any atom is 0.372 e. The number of hydrogen-bond acceptors (Lipinski definition) is 10. The Labute approximate surface area is 218 Å². The number of carbonyl (C=O) groups excluding carboxylic acids is 2. The van der Waals surface area contributed by atoms with Crippen LogP contribution in [-0.2, 0) is 38.4 Å². The van der Waals surface area contributed by atoms with Gasteiger partial charge >= 0.3 is 35.8 Å². The van der Waals surface area contributed by atoms with E-state index in [0.29, 0.717) is 12.3 Å². The summed E-state index contributed by atoms with van der Waals surface area (Å²) in [5, 5.41) is 48.6. The minimum absolute atomic E-state index is 0.0231. The Balaban J connectivity index is -0.000000203. The highest BCUT2D eigenvalue weighted by Crippen LogP contribution is 2.01. The molecule has 0 aliphatic heterocycles. The number of Topliss-reactive ketones (excluding diaryl/α,β-unsaturated/α-hetero) is 2. The minimum Gasteiger partial charge on any atom is -0.481 e. The van der Waals surface area contributed by atoms with Crippen molar-refractivity contribution < 1.29 is 69.0 Å². The molecule has 0 saturated carbocycles. The van der Waals surface area contributed by atoms with E-state index in [0.717, 1.165) is 0 Å². The first-order chi connectivity index (χ1) is 17.1. The third-order valence-electron chi connectivity index (χ3n) is 3.67. The fourth-order valence-electron chi connectivity index (χ4n) is 1.80. The van der Waals surface area contributed by atoms with Crippen LogP contribution in [0.15, 0.2) is 0 Å². The third kappa shape index (κ3) is 34.2. The van der Waals surface area contributed by atoms with E-state index in [2.05, 4.69) is 0 Å². The van der Waals surface area contributed by atoms with Crippen molar-refractivity contribution in [3.8, 4) is 0 Å².